The minimum absolute atomic E-state index is 0.113. The molecule has 1 aliphatic rings. The molecular formula is C22H18FN3O3. The number of amides is 1. The second-order valence-corrected chi connectivity index (χ2v) is 6.79. The SMILES string of the molecule is CNC(=O)c1c(-c2ccc(F)cc2)nn2ccc(C3C=CC=C(C(=O)O)C3)cc12. The standard InChI is InChI=1S/C22H18FN3O3/c1-24-21(27)19-18-12-15(14-3-2-4-16(11-14)22(28)29)9-10-26(18)25-20(19)13-5-7-17(23)8-6-13/h2-10,12,14H,11H2,1H3,(H,24,27)(H,28,29). The van der Waals surface area contributed by atoms with Crippen LogP contribution in [-0.2, 0) is 4.79 Å². The fourth-order valence-corrected chi connectivity index (χ4v) is 3.52. The van der Waals surface area contributed by atoms with Crippen molar-refractivity contribution in [3.63, 3.8) is 0 Å². The summed E-state index contributed by atoms with van der Waals surface area (Å²) in [5.41, 5.74) is 3.28. The molecule has 1 unspecified atom stereocenters. The zero-order chi connectivity index (χ0) is 20.5. The Labute approximate surface area is 166 Å². The Bertz CT molecular complexity index is 1180. The second-order valence-electron chi connectivity index (χ2n) is 6.79. The number of aromatic nitrogens is 2. The molecule has 0 fully saturated rings. The van der Waals surface area contributed by atoms with Crippen molar-refractivity contribution in [3.8, 4) is 11.3 Å². The van der Waals surface area contributed by atoms with E-state index in [0.717, 1.165) is 5.56 Å². The van der Waals surface area contributed by atoms with E-state index in [9.17, 15) is 19.1 Å². The van der Waals surface area contributed by atoms with Crippen LogP contribution in [0.2, 0.25) is 0 Å². The zero-order valence-corrected chi connectivity index (χ0v) is 15.6. The minimum atomic E-state index is -0.936. The number of fused-ring (bicyclic) bond motifs is 1. The third-order valence-electron chi connectivity index (χ3n) is 5.01. The van der Waals surface area contributed by atoms with Gasteiger partial charge in [-0.15, -0.1) is 0 Å². The number of nitrogens with one attached hydrogen (secondary N) is 1. The molecule has 0 bridgehead atoms. The lowest BCUT2D eigenvalue weighted by Gasteiger charge is -2.17. The maximum Gasteiger partial charge on any atom is 0.331 e. The molecule has 4 rings (SSSR count). The zero-order valence-electron chi connectivity index (χ0n) is 15.6. The van der Waals surface area contributed by atoms with Gasteiger partial charge in [0.2, 0.25) is 0 Å². The van der Waals surface area contributed by atoms with E-state index < -0.39 is 5.97 Å². The van der Waals surface area contributed by atoms with E-state index in [1.807, 2.05) is 18.2 Å². The molecule has 1 atom stereocenters. The van der Waals surface area contributed by atoms with Gasteiger partial charge in [0, 0.05) is 30.3 Å². The van der Waals surface area contributed by atoms with Crippen molar-refractivity contribution in [2.75, 3.05) is 7.05 Å². The van der Waals surface area contributed by atoms with Crippen LogP contribution in [0.15, 0.2) is 66.4 Å². The predicted octanol–water partition coefficient (Wildman–Crippen LogP) is 3.55. The van der Waals surface area contributed by atoms with E-state index in [2.05, 4.69) is 10.4 Å². The number of carbonyl (C=O) groups excluding carboxylic acids is 1. The summed E-state index contributed by atoms with van der Waals surface area (Å²) in [6, 6.07) is 9.53. The lowest BCUT2D eigenvalue weighted by molar-refractivity contribution is -0.132. The first-order chi connectivity index (χ1) is 14.0. The monoisotopic (exact) mass is 391 g/mol. The molecule has 2 aromatic heterocycles. The van der Waals surface area contributed by atoms with Gasteiger partial charge in [0.25, 0.3) is 5.91 Å². The highest BCUT2D eigenvalue weighted by atomic mass is 19.1. The largest absolute Gasteiger partial charge is 0.478 e. The Kier molecular flexibility index (Phi) is 4.72. The highest BCUT2D eigenvalue weighted by Crippen LogP contribution is 2.32. The Balaban J connectivity index is 1.83. The normalized spacial score (nSPS) is 15.9. The van der Waals surface area contributed by atoms with Gasteiger partial charge in [-0.3, -0.25) is 4.79 Å². The van der Waals surface area contributed by atoms with Gasteiger partial charge in [0.05, 0.1) is 11.1 Å². The molecule has 3 aromatic rings. The highest BCUT2D eigenvalue weighted by molar-refractivity contribution is 6.06. The van der Waals surface area contributed by atoms with Crippen LogP contribution in [0.3, 0.4) is 0 Å². The van der Waals surface area contributed by atoms with Crippen molar-refractivity contribution in [1.82, 2.24) is 14.9 Å². The van der Waals surface area contributed by atoms with Gasteiger partial charge in [0.1, 0.15) is 11.5 Å². The molecule has 0 saturated carbocycles. The van der Waals surface area contributed by atoms with Crippen LogP contribution in [0, 0.1) is 5.82 Å². The van der Waals surface area contributed by atoms with E-state index in [-0.39, 0.29) is 17.6 Å². The summed E-state index contributed by atoms with van der Waals surface area (Å²) in [5, 5.41) is 16.4. The molecule has 1 aliphatic carbocycles. The lowest BCUT2D eigenvalue weighted by Crippen LogP contribution is -2.18. The number of carboxylic acids is 1. The highest BCUT2D eigenvalue weighted by Gasteiger charge is 2.23. The minimum Gasteiger partial charge on any atom is -0.478 e. The number of aliphatic carboxylic acids is 1. The number of hydrogen-bond donors (Lipinski definition) is 2. The quantitative estimate of drug-likeness (QED) is 0.712. The molecule has 0 saturated heterocycles. The summed E-state index contributed by atoms with van der Waals surface area (Å²) < 4.78 is 14.9. The summed E-state index contributed by atoms with van der Waals surface area (Å²) in [6.07, 6.45) is 7.39. The Hall–Kier alpha value is -3.74. The van der Waals surface area contributed by atoms with Crippen molar-refractivity contribution in [2.45, 2.75) is 12.3 Å². The van der Waals surface area contributed by atoms with Crippen LogP contribution in [0.4, 0.5) is 4.39 Å². The first kappa shape index (κ1) is 18.6. The number of carbonyl (C=O) groups is 2. The van der Waals surface area contributed by atoms with Crippen molar-refractivity contribution in [3.05, 3.63) is 83.3 Å². The van der Waals surface area contributed by atoms with Gasteiger partial charge in [0.15, 0.2) is 0 Å². The number of rotatable bonds is 4. The van der Waals surface area contributed by atoms with Gasteiger partial charge in [-0.25, -0.2) is 13.7 Å². The van der Waals surface area contributed by atoms with Crippen LogP contribution < -0.4 is 5.32 Å². The predicted molar refractivity (Wildman–Crippen MR) is 106 cm³/mol. The second kappa shape index (κ2) is 7.35. The maximum atomic E-state index is 13.3. The van der Waals surface area contributed by atoms with Crippen LogP contribution in [-0.4, -0.2) is 33.6 Å². The van der Waals surface area contributed by atoms with E-state index in [0.29, 0.717) is 34.3 Å². The lowest BCUT2D eigenvalue weighted by atomic mass is 9.88. The number of halogens is 1. The summed E-state index contributed by atoms with van der Waals surface area (Å²) in [6.45, 7) is 0. The van der Waals surface area contributed by atoms with E-state index in [1.54, 1.807) is 35.0 Å². The van der Waals surface area contributed by atoms with E-state index in [1.165, 1.54) is 19.2 Å². The summed E-state index contributed by atoms with van der Waals surface area (Å²) in [5.74, 6) is -1.72. The van der Waals surface area contributed by atoms with Gasteiger partial charge >= 0.3 is 5.97 Å². The van der Waals surface area contributed by atoms with Gasteiger partial charge in [-0.1, -0.05) is 18.2 Å². The molecule has 6 nitrogen and oxygen atoms in total. The number of nitrogens with zero attached hydrogens (tertiary/aromatic N) is 2. The Morgan fingerprint density at radius 2 is 2.00 bits per heavy atom. The summed E-state index contributed by atoms with van der Waals surface area (Å²) in [7, 11) is 1.54. The van der Waals surface area contributed by atoms with Crippen LogP contribution in [0.25, 0.3) is 16.8 Å². The van der Waals surface area contributed by atoms with Gasteiger partial charge in [-0.2, -0.15) is 5.10 Å². The number of pyridine rings is 1. The summed E-state index contributed by atoms with van der Waals surface area (Å²) in [4.78, 5) is 24.0. The molecule has 1 amide bonds. The fraction of sp³-hybridized carbons (Fsp3) is 0.136. The smallest absolute Gasteiger partial charge is 0.331 e. The number of allylic oxidation sites excluding steroid dienone is 3. The molecule has 146 valence electrons. The average molecular weight is 391 g/mol. The maximum absolute atomic E-state index is 13.3. The third-order valence-corrected chi connectivity index (χ3v) is 5.01. The third kappa shape index (κ3) is 3.42. The van der Waals surface area contributed by atoms with Crippen molar-refractivity contribution in [2.24, 2.45) is 0 Å². The first-order valence-corrected chi connectivity index (χ1v) is 9.09. The fourth-order valence-electron chi connectivity index (χ4n) is 3.52. The van der Waals surface area contributed by atoms with Crippen molar-refractivity contribution in [1.29, 1.82) is 0 Å². The molecule has 0 spiro atoms. The first-order valence-electron chi connectivity index (χ1n) is 9.09. The van der Waals surface area contributed by atoms with Crippen molar-refractivity contribution >= 4 is 17.4 Å². The molecule has 2 heterocycles. The van der Waals surface area contributed by atoms with Gasteiger partial charge < -0.3 is 10.4 Å². The molecule has 1 aromatic carbocycles. The molecule has 0 aliphatic heterocycles. The summed E-state index contributed by atoms with van der Waals surface area (Å²) >= 11 is 0. The molecule has 2 N–H and O–H groups in total. The number of benzene rings is 1. The topological polar surface area (TPSA) is 83.7 Å². The van der Waals surface area contributed by atoms with Crippen LogP contribution in [0.1, 0.15) is 28.3 Å². The van der Waals surface area contributed by atoms with E-state index in [4.69, 9.17) is 0 Å². The number of carboxylic acid groups (broad SMARTS) is 1. The Morgan fingerprint density at radius 1 is 1.24 bits per heavy atom. The average Bonchev–Trinajstić information content (AvgIpc) is 3.12. The van der Waals surface area contributed by atoms with Crippen molar-refractivity contribution < 1.29 is 19.1 Å². The van der Waals surface area contributed by atoms with E-state index >= 15 is 0 Å². The van der Waals surface area contributed by atoms with Crippen LogP contribution >= 0.6 is 0 Å². The van der Waals surface area contributed by atoms with Gasteiger partial charge in [-0.05, 0) is 48.4 Å². The molecular weight excluding hydrogens is 373 g/mol. The Morgan fingerprint density at radius 3 is 2.69 bits per heavy atom. The number of hydrogen-bond acceptors (Lipinski definition) is 3. The molecule has 29 heavy (non-hydrogen) atoms. The molecule has 0 radical (unpaired) electrons. The van der Waals surface area contributed by atoms with Crippen LogP contribution in [0.5, 0.6) is 0 Å². The molecule has 7 heteroatoms.